The van der Waals surface area contributed by atoms with Crippen molar-refractivity contribution in [1.82, 2.24) is 0 Å². The van der Waals surface area contributed by atoms with Crippen molar-refractivity contribution in [2.45, 2.75) is 45.8 Å². The highest BCUT2D eigenvalue weighted by Crippen LogP contribution is 2.27. The van der Waals surface area contributed by atoms with E-state index < -0.39 is 14.0 Å². The van der Waals surface area contributed by atoms with E-state index in [0.717, 1.165) is 18.9 Å². The third kappa shape index (κ3) is 4.04. The summed E-state index contributed by atoms with van der Waals surface area (Å²) in [4.78, 5) is 11.0. The first kappa shape index (κ1) is 14.2. The van der Waals surface area contributed by atoms with Crippen LogP contribution in [0.2, 0.25) is 19.1 Å². The van der Waals surface area contributed by atoms with E-state index in [-0.39, 0.29) is 0 Å². The van der Waals surface area contributed by atoms with Gasteiger partial charge < -0.3 is 5.11 Å². The van der Waals surface area contributed by atoms with E-state index in [0.29, 0.717) is 5.57 Å². The molecule has 0 radical (unpaired) electrons. The number of aliphatic carboxylic acids is 1. The minimum absolute atomic E-state index is 0.551. The molecule has 1 N–H and O–H groups in total. The van der Waals surface area contributed by atoms with Crippen LogP contribution >= 0.6 is 0 Å². The maximum atomic E-state index is 11.0. The largest absolute Gasteiger partial charge is 0.478 e. The third-order valence-corrected chi connectivity index (χ3v) is 6.31. The van der Waals surface area contributed by atoms with Gasteiger partial charge in [-0.3, -0.25) is 0 Å². The van der Waals surface area contributed by atoms with Crippen molar-refractivity contribution in [2.24, 2.45) is 0 Å². The van der Waals surface area contributed by atoms with Gasteiger partial charge in [0.1, 0.15) is 0 Å². The molecule has 0 aliphatic heterocycles. The van der Waals surface area contributed by atoms with Gasteiger partial charge in [-0.15, -0.1) is 6.58 Å². The van der Waals surface area contributed by atoms with Gasteiger partial charge in [0, 0.05) is 5.57 Å². The molecule has 0 amide bonds. The molecule has 0 aromatic rings. The fourth-order valence-corrected chi connectivity index (χ4v) is 4.91. The van der Waals surface area contributed by atoms with Gasteiger partial charge in [-0.2, -0.15) is 0 Å². The summed E-state index contributed by atoms with van der Waals surface area (Å²) >= 11 is 0. The molecule has 0 bridgehead atoms. The summed E-state index contributed by atoms with van der Waals surface area (Å²) in [5.74, 6) is -0.775. The molecule has 0 saturated carbocycles. The van der Waals surface area contributed by atoms with Gasteiger partial charge in [-0.25, -0.2) is 4.79 Å². The van der Waals surface area contributed by atoms with Crippen molar-refractivity contribution in [1.29, 1.82) is 0 Å². The van der Waals surface area contributed by atoms with E-state index in [1.165, 1.54) is 5.20 Å². The topological polar surface area (TPSA) is 37.3 Å². The van der Waals surface area contributed by atoms with Crippen LogP contribution in [0.3, 0.4) is 0 Å². The Kier molecular flexibility index (Phi) is 5.58. The molecule has 15 heavy (non-hydrogen) atoms. The number of carbonyl (C=O) groups is 1. The lowest BCUT2D eigenvalue weighted by Gasteiger charge is -2.26. The second kappa shape index (κ2) is 5.91. The Morgan fingerprint density at radius 1 is 1.47 bits per heavy atom. The highest BCUT2D eigenvalue weighted by molar-refractivity contribution is 6.85. The molecule has 0 aromatic carbocycles. The first-order chi connectivity index (χ1) is 6.86. The monoisotopic (exact) mass is 226 g/mol. The zero-order chi connectivity index (χ0) is 12.1. The average Bonchev–Trinajstić information content (AvgIpc) is 2.12. The Balaban J connectivity index is 5.20. The lowest BCUT2D eigenvalue weighted by molar-refractivity contribution is -0.132. The van der Waals surface area contributed by atoms with Crippen LogP contribution in [-0.2, 0) is 4.79 Å². The van der Waals surface area contributed by atoms with Gasteiger partial charge in [0.25, 0.3) is 0 Å². The Hall–Kier alpha value is -0.833. The molecule has 0 aromatic heterocycles. The van der Waals surface area contributed by atoms with Crippen LogP contribution in [0.5, 0.6) is 0 Å². The van der Waals surface area contributed by atoms with E-state index >= 15 is 0 Å². The highest BCUT2D eigenvalue weighted by Gasteiger charge is 2.27. The second-order valence-corrected chi connectivity index (χ2v) is 9.31. The summed E-state index contributed by atoms with van der Waals surface area (Å²) < 4.78 is 0. The minimum Gasteiger partial charge on any atom is -0.478 e. The maximum absolute atomic E-state index is 11.0. The number of carboxylic acids is 1. The van der Waals surface area contributed by atoms with Crippen LogP contribution in [0.25, 0.3) is 0 Å². The second-order valence-electron chi connectivity index (χ2n) is 4.54. The van der Waals surface area contributed by atoms with E-state index in [1.807, 2.05) is 6.08 Å². The van der Waals surface area contributed by atoms with Gasteiger partial charge >= 0.3 is 5.97 Å². The molecule has 3 heteroatoms. The van der Waals surface area contributed by atoms with Gasteiger partial charge in [-0.1, -0.05) is 37.7 Å². The van der Waals surface area contributed by atoms with Crippen LogP contribution in [0, 0.1) is 0 Å². The summed E-state index contributed by atoms with van der Waals surface area (Å²) in [6, 6.07) is 0.951. The van der Waals surface area contributed by atoms with E-state index in [1.54, 1.807) is 6.92 Å². The molecule has 0 rings (SSSR count). The maximum Gasteiger partial charge on any atom is 0.330 e. The standard InChI is InChI=1S/C12H22O2Si/c1-6-8-11(10(3)12(13)14)15(4,5)9-7-2/h7H,2,6,8-9H2,1,3-5H3,(H,13,14). The molecule has 0 atom stereocenters. The van der Waals surface area contributed by atoms with Crippen LogP contribution in [-0.4, -0.2) is 19.1 Å². The Morgan fingerprint density at radius 2 is 2.00 bits per heavy atom. The molecular formula is C12H22O2Si. The average molecular weight is 226 g/mol. The lowest BCUT2D eigenvalue weighted by atomic mass is 10.2. The molecule has 0 saturated heterocycles. The van der Waals surface area contributed by atoms with Crippen molar-refractivity contribution in [3.05, 3.63) is 23.4 Å². The van der Waals surface area contributed by atoms with Crippen LogP contribution in [0.4, 0.5) is 0 Å². The number of hydrogen-bond donors (Lipinski definition) is 1. The molecule has 2 nitrogen and oxygen atoms in total. The number of hydrogen-bond acceptors (Lipinski definition) is 1. The molecule has 86 valence electrons. The van der Waals surface area contributed by atoms with Crippen LogP contribution in [0.15, 0.2) is 23.4 Å². The highest BCUT2D eigenvalue weighted by atomic mass is 28.3. The quantitative estimate of drug-likeness (QED) is 0.427. The number of carboxylic acid groups (broad SMARTS) is 1. The predicted octanol–water partition coefficient (Wildman–Crippen LogP) is 3.62. The van der Waals surface area contributed by atoms with Crippen molar-refractivity contribution >= 4 is 14.0 Å². The summed E-state index contributed by atoms with van der Waals surface area (Å²) in [6.07, 6.45) is 3.83. The van der Waals surface area contributed by atoms with Gasteiger partial charge in [0.05, 0.1) is 8.07 Å². The SMILES string of the molecule is C=CC[Si](C)(C)C(CCC)=C(C)C(=O)O. The van der Waals surface area contributed by atoms with Crippen molar-refractivity contribution in [2.75, 3.05) is 0 Å². The molecule has 0 unspecified atom stereocenters. The molecule has 0 spiro atoms. The Morgan fingerprint density at radius 3 is 2.33 bits per heavy atom. The minimum atomic E-state index is -1.60. The fraction of sp³-hybridized carbons (Fsp3) is 0.583. The van der Waals surface area contributed by atoms with Crippen molar-refractivity contribution in [3.63, 3.8) is 0 Å². The molecular weight excluding hydrogens is 204 g/mol. The van der Waals surface area contributed by atoms with Crippen molar-refractivity contribution < 1.29 is 9.90 Å². The Labute approximate surface area is 93.7 Å². The lowest BCUT2D eigenvalue weighted by Crippen LogP contribution is -2.30. The zero-order valence-electron chi connectivity index (χ0n) is 10.3. The fourth-order valence-electron chi connectivity index (χ4n) is 1.90. The summed E-state index contributed by atoms with van der Waals surface area (Å²) in [7, 11) is -1.60. The summed E-state index contributed by atoms with van der Waals surface area (Å²) in [6.45, 7) is 12.0. The first-order valence-corrected chi connectivity index (χ1v) is 8.62. The Bertz CT molecular complexity index is 277. The van der Waals surface area contributed by atoms with Crippen molar-refractivity contribution in [3.8, 4) is 0 Å². The predicted molar refractivity (Wildman–Crippen MR) is 67.7 cm³/mol. The number of rotatable bonds is 6. The normalized spacial score (nSPS) is 13.3. The first-order valence-electron chi connectivity index (χ1n) is 5.41. The number of allylic oxidation sites excluding steroid dienone is 2. The van der Waals surface area contributed by atoms with Crippen LogP contribution in [0.1, 0.15) is 26.7 Å². The van der Waals surface area contributed by atoms with Crippen LogP contribution < -0.4 is 0 Å². The molecule has 0 heterocycles. The van der Waals surface area contributed by atoms with E-state index in [2.05, 4.69) is 26.6 Å². The zero-order valence-corrected chi connectivity index (χ0v) is 11.3. The summed E-state index contributed by atoms with van der Waals surface area (Å²) in [5.41, 5.74) is 0.551. The van der Waals surface area contributed by atoms with E-state index in [4.69, 9.17) is 5.11 Å². The molecule has 0 fully saturated rings. The third-order valence-electron chi connectivity index (χ3n) is 2.75. The summed E-state index contributed by atoms with van der Waals surface area (Å²) in [5, 5.41) is 10.2. The van der Waals surface area contributed by atoms with Gasteiger partial charge in [0.15, 0.2) is 0 Å². The van der Waals surface area contributed by atoms with Gasteiger partial charge in [-0.05, 0) is 19.4 Å². The van der Waals surface area contributed by atoms with Gasteiger partial charge in [0.2, 0.25) is 0 Å². The molecule has 0 aliphatic carbocycles. The smallest absolute Gasteiger partial charge is 0.330 e. The van der Waals surface area contributed by atoms with E-state index in [9.17, 15) is 4.79 Å². The molecule has 0 aliphatic rings.